The van der Waals surface area contributed by atoms with Crippen LogP contribution in [0.25, 0.3) is 11.1 Å². The molecule has 11 heteroatoms. The summed E-state index contributed by atoms with van der Waals surface area (Å²) in [6.45, 7) is 3.77. The maximum Gasteiger partial charge on any atom is 0.407 e. The third-order valence-corrected chi connectivity index (χ3v) is 6.62. The molecule has 1 fully saturated rings. The first kappa shape index (κ1) is 30.4. The second-order valence-electron chi connectivity index (χ2n) is 10.8. The highest BCUT2D eigenvalue weighted by atomic mass is 19.4. The smallest absolute Gasteiger partial charge is 0.336 e. The molecule has 3 atom stereocenters. The minimum atomic E-state index is -4.83. The normalized spacial score (nSPS) is 17.6. The molecule has 1 amide bonds. The van der Waals surface area contributed by atoms with Gasteiger partial charge in [-0.05, 0) is 54.9 Å². The molecule has 2 N–H and O–H groups in total. The fraction of sp³-hybridized carbons (Fsp3) is 0.500. The van der Waals surface area contributed by atoms with E-state index >= 15 is 0 Å². The first-order chi connectivity index (χ1) is 17.9. The van der Waals surface area contributed by atoms with Crippen LogP contribution in [0.3, 0.4) is 0 Å². The van der Waals surface area contributed by atoms with Crippen LogP contribution in [0.4, 0.5) is 30.7 Å². The Labute approximate surface area is 222 Å². The number of alkyl halides is 7. The number of rotatable bonds is 10. The molecule has 0 heterocycles. The van der Waals surface area contributed by atoms with Crippen molar-refractivity contribution in [2.75, 3.05) is 0 Å². The molecule has 3 rings (SSSR count). The van der Waals surface area contributed by atoms with Gasteiger partial charge in [-0.3, -0.25) is 10.1 Å². The number of benzene rings is 2. The minimum absolute atomic E-state index is 0.211. The quantitative estimate of drug-likeness (QED) is 0.302. The van der Waals surface area contributed by atoms with Gasteiger partial charge in [-0.25, -0.2) is 4.39 Å². The molecule has 4 nitrogen and oxygen atoms in total. The number of nitrogens with one attached hydrogen (secondary N) is 2. The fourth-order valence-corrected chi connectivity index (χ4v) is 4.34. The average Bonchev–Trinajstić information content (AvgIpc) is 3.59. The van der Waals surface area contributed by atoms with E-state index in [1.165, 1.54) is 31.2 Å². The summed E-state index contributed by atoms with van der Waals surface area (Å²) in [4.78, 5) is 12.8. The maximum absolute atomic E-state index is 14.5. The second kappa shape index (κ2) is 11.2. The Balaban J connectivity index is 1.81. The van der Waals surface area contributed by atoms with Gasteiger partial charge in [0, 0.05) is 6.42 Å². The lowest BCUT2D eigenvalue weighted by molar-refractivity contribution is -0.161. The van der Waals surface area contributed by atoms with Crippen LogP contribution in [0.2, 0.25) is 0 Å². The van der Waals surface area contributed by atoms with Gasteiger partial charge in [0.2, 0.25) is 5.91 Å². The molecule has 1 aliphatic carbocycles. The number of nitriles is 1. The molecular weight excluding hydrogens is 527 g/mol. The molecule has 0 radical (unpaired) electrons. The summed E-state index contributed by atoms with van der Waals surface area (Å²) in [7, 11) is 0. The van der Waals surface area contributed by atoms with Gasteiger partial charge in [-0.1, -0.05) is 55.5 Å². The minimum Gasteiger partial charge on any atom is -0.336 e. The highest BCUT2D eigenvalue weighted by Gasteiger charge is 2.48. The number of nitrogens with zero attached hydrogens (tertiary/aromatic N) is 1. The molecule has 1 saturated carbocycles. The Hall–Kier alpha value is -3.13. The van der Waals surface area contributed by atoms with Gasteiger partial charge in [-0.2, -0.15) is 31.6 Å². The average molecular weight is 558 g/mol. The van der Waals surface area contributed by atoms with E-state index in [0.717, 1.165) is 13.8 Å². The zero-order valence-corrected chi connectivity index (χ0v) is 21.7. The zero-order chi connectivity index (χ0) is 29.2. The monoisotopic (exact) mass is 557 g/mol. The SMILES string of the molecule is CC(CC(F)(F)F)c1ccc(-c2ccc(C(NC(CC(C)(C)F)C(=O)NC3(C#N)CC3)C(F)(F)F)cc2)cc1. The molecule has 212 valence electrons. The summed E-state index contributed by atoms with van der Waals surface area (Å²) in [5.41, 5.74) is -1.69. The van der Waals surface area contributed by atoms with Crippen LogP contribution in [-0.4, -0.2) is 35.5 Å². The third kappa shape index (κ3) is 8.68. The molecular formula is C28H30F7N3O. The third-order valence-electron chi connectivity index (χ3n) is 6.62. The molecule has 3 unspecified atom stereocenters. The van der Waals surface area contributed by atoms with Crippen molar-refractivity contribution in [3.8, 4) is 17.2 Å². The predicted octanol–water partition coefficient (Wildman–Crippen LogP) is 7.28. The number of carbonyl (C=O) groups excluding carboxylic acids is 1. The van der Waals surface area contributed by atoms with Gasteiger partial charge in [0.1, 0.15) is 17.2 Å². The Morgan fingerprint density at radius 1 is 0.897 bits per heavy atom. The van der Waals surface area contributed by atoms with E-state index in [-0.39, 0.29) is 5.56 Å². The Morgan fingerprint density at radius 3 is 1.77 bits per heavy atom. The molecule has 2 aromatic carbocycles. The van der Waals surface area contributed by atoms with Gasteiger partial charge in [0.25, 0.3) is 0 Å². The number of amides is 1. The largest absolute Gasteiger partial charge is 0.407 e. The first-order valence-corrected chi connectivity index (χ1v) is 12.4. The van der Waals surface area contributed by atoms with E-state index in [9.17, 15) is 40.8 Å². The van der Waals surface area contributed by atoms with Crippen molar-refractivity contribution in [2.45, 2.75) is 88.0 Å². The summed E-state index contributed by atoms with van der Waals surface area (Å²) in [5.74, 6) is -1.63. The van der Waals surface area contributed by atoms with E-state index in [0.29, 0.717) is 29.5 Å². The highest BCUT2D eigenvalue weighted by Crippen LogP contribution is 2.37. The van der Waals surface area contributed by atoms with Crippen LogP contribution in [0.5, 0.6) is 0 Å². The van der Waals surface area contributed by atoms with Gasteiger partial charge in [-0.15, -0.1) is 0 Å². The number of halogens is 7. The molecule has 0 aromatic heterocycles. The van der Waals surface area contributed by atoms with Crippen LogP contribution in [-0.2, 0) is 4.79 Å². The van der Waals surface area contributed by atoms with Gasteiger partial charge in [0.05, 0.1) is 18.5 Å². The van der Waals surface area contributed by atoms with Gasteiger partial charge < -0.3 is 5.32 Å². The van der Waals surface area contributed by atoms with E-state index in [2.05, 4.69) is 10.6 Å². The van der Waals surface area contributed by atoms with Crippen molar-refractivity contribution < 1.29 is 35.5 Å². The summed E-state index contributed by atoms with van der Waals surface area (Å²) < 4.78 is 94.9. The van der Waals surface area contributed by atoms with Gasteiger partial charge in [0.15, 0.2) is 0 Å². The predicted molar refractivity (Wildman–Crippen MR) is 132 cm³/mol. The molecule has 39 heavy (non-hydrogen) atoms. The number of hydrogen-bond acceptors (Lipinski definition) is 3. The molecule has 1 aliphatic rings. The zero-order valence-electron chi connectivity index (χ0n) is 21.7. The van der Waals surface area contributed by atoms with Crippen molar-refractivity contribution in [1.29, 1.82) is 5.26 Å². The molecule has 0 aliphatic heterocycles. The van der Waals surface area contributed by atoms with Gasteiger partial charge >= 0.3 is 12.4 Å². The van der Waals surface area contributed by atoms with E-state index < -0.39 is 60.3 Å². The summed E-state index contributed by atoms with van der Waals surface area (Å²) in [6, 6.07) is 9.71. The lowest BCUT2D eigenvalue weighted by Crippen LogP contribution is -2.53. The Morgan fingerprint density at radius 2 is 1.38 bits per heavy atom. The van der Waals surface area contributed by atoms with Crippen molar-refractivity contribution >= 4 is 5.91 Å². The standard InChI is InChI=1S/C28H30F7N3O/c1-17(14-27(30,31)32)18-4-6-19(7-5-18)20-8-10-21(11-9-20)23(28(33,34)35)37-22(15-25(2,3)29)24(39)38-26(16-36)12-13-26/h4-11,17,22-23,37H,12-15H2,1-3H3,(H,38,39). The van der Waals surface area contributed by atoms with Crippen LogP contribution < -0.4 is 10.6 Å². The number of hydrogen-bond donors (Lipinski definition) is 2. The molecule has 2 aromatic rings. The summed E-state index contributed by atoms with van der Waals surface area (Å²) >= 11 is 0. The van der Waals surface area contributed by atoms with Crippen LogP contribution in [0, 0.1) is 11.3 Å². The van der Waals surface area contributed by atoms with Crippen molar-refractivity contribution in [3.63, 3.8) is 0 Å². The van der Waals surface area contributed by atoms with E-state index in [1.54, 1.807) is 24.3 Å². The van der Waals surface area contributed by atoms with Crippen molar-refractivity contribution in [1.82, 2.24) is 10.6 Å². The van der Waals surface area contributed by atoms with Crippen molar-refractivity contribution in [3.05, 3.63) is 59.7 Å². The molecule has 0 saturated heterocycles. The maximum atomic E-state index is 14.5. The fourth-order valence-electron chi connectivity index (χ4n) is 4.34. The van der Waals surface area contributed by atoms with Crippen LogP contribution >= 0.6 is 0 Å². The lowest BCUT2D eigenvalue weighted by atomic mass is 9.94. The van der Waals surface area contributed by atoms with E-state index in [1.807, 2.05) is 6.07 Å². The highest BCUT2D eigenvalue weighted by molar-refractivity contribution is 5.83. The Bertz CT molecular complexity index is 1170. The van der Waals surface area contributed by atoms with E-state index in [4.69, 9.17) is 0 Å². The topological polar surface area (TPSA) is 64.9 Å². The van der Waals surface area contributed by atoms with Crippen LogP contribution in [0.1, 0.15) is 69.5 Å². The summed E-state index contributed by atoms with van der Waals surface area (Å²) in [6.07, 6.45) is -9.91. The first-order valence-electron chi connectivity index (χ1n) is 12.4. The van der Waals surface area contributed by atoms with Crippen molar-refractivity contribution in [2.24, 2.45) is 0 Å². The summed E-state index contributed by atoms with van der Waals surface area (Å²) in [5, 5.41) is 13.9. The number of carbonyl (C=O) groups is 1. The van der Waals surface area contributed by atoms with Crippen LogP contribution in [0.15, 0.2) is 48.5 Å². The second-order valence-corrected chi connectivity index (χ2v) is 10.8. The molecule has 0 spiro atoms. The lowest BCUT2D eigenvalue weighted by Gasteiger charge is -2.30. The Kier molecular flexibility index (Phi) is 8.70. The molecule has 0 bridgehead atoms.